The van der Waals surface area contributed by atoms with Crippen LogP contribution in [0.1, 0.15) is 22.3 Å². The van der Waals surface area contributed by atoms with Gasteiger partial charge in [0, 0.05) is 4.47 Å². The van der Waals surface area contributed by atoms with Gasteiger partial charge in [-0.05, 0) is 46.5 Å². The van der Waals surface area contributed by atoms with Gasteiger partial charge in [0.1, 0.15) is 9.75 Å². The second-order valence-electron chi connectivity index (χ2n) is 7.96. The standard InChI is InChI=1S/C24H14BrCl2NO2/c25-13-9-11-14(12-10-13)28-21(29)19-20(22(28)30)24(27)16-6-2-1-5-15(16)23(19,26)17-7-3-4-8-18(17)24/h1-12,19-20H/t19-,20+,23?,24?. The van der Waals surface area contributed by atoms with Crippen molar-refractivity contribution in [2.24, 2.45) is 11.8 Å². The Morgan fingerprint density at radius 1 is 0.667 bits per heavy atom. The largest absolute Gasteiger partial charge is 0.274 e. The molecule has 0 unspecified atom stereocenters. The molecule has 7 rings (SSSR count). The first kappa shape index (κ1) is 18.6. The van der Waals surface area contributed by atoms with Crippen LogP contribution in [0.2, 0.25) is 0 Å². The zero-order valence-corrected chi connectivity index (χ0v) is 18.6. The predicted octanol–water partition coefficient (Wildman–Crippen LogP) is 5.55. The van der Waals surface area contributed by atoms with Gasteiger partial charge in [-0.15, -0.1) is 23.2 Å². The Morgan fingerprint density at radius 2 is 1.03 bits per heavy atom. The summed E-state index contributed by atoms with van der Waals surface area (Å²) in [6, 6.07) is 22.4. The minimum absolute atomic E-state index is 0.309. The molecule has 6 heteroatoms. The minimum Gasteiger partial charge on any atom is -0.274 e. The number of amides is 2. The van der Waals surface area contributed by atoms with Crippen molar-refractivity contribution in [3.05, 3.63) is 99.5 Å². The predicted molar refractivity (Wildman–Crippen MR) is 120 cm³/mol. The van der Waals surface area contributed by atoms with Crippen LogP contribution in [-0.4, -0.2) is 11.8 Å². The van der Waals surface area contributed by atoms with Crippen LogP contribution in [0, 0.1) is 11.8 Å². The average Bonchev–Trinajstić information content (AvgIpc) is 3.04. The van der Waals surface area contributed by atoms with E-state index in [9.17, 15) is 9.59 Å². The van der Waals surface area contributed by atoms with Gasteiger partial charge in [0.15, 0.2) is 0 Å². The maximum absolute atomic E-state index is 13.7. The second-order valence-corrected chi connectivity index (χ2v) is 10.1. The molecule has 1 fully saturated rings. The smallest absolute Gasteiger partial charge is 0.240 e. The molecule has 0 N–H and O–H groups in total. The molecule has 1 heterocycles. The fraction of sp³-hybridized carbons (Fsp3) is 0.167. The number of alkyl halides is 2. The molecule has 3 aliphatic carbocycles. The number of anilines is 1. The fourth-order valence-corrected chi connectivity index (χ4v) is 6.87. The van der Waals surface area contributed by atoms with E-state index in [1.807, 2.05) is 60.7 Å². The molecular formula is C24H14BrCl2NO2. The third-order valence-corrected chi connectivity index (χ3v) is 8.48. The second kappa shape index (κ2) is 5.97. The zero-order valence-electron chi connectivity index (χ0n) is 15.5. The molecule has 30 heavy (non-hydrogen) atoms. The van der Waals surface area contributed by atoms with Gasteiger partial charge in [-0.2, -0.15) is 0 Å². The quantitative estimate of drug-likeness (QED) is 0.326. The monoisotopic (exact) mass is 497 g/mol. The Hall–Kier alpha value is -2.14. The lowest BCUT2D eigenvalue weighted by Crippen LogP contribution is -2.57. The Morgan fingerprint density at radius 3 is 1.40 bits per heavy atom. The van der Waals surface area contributed by atoms with Crippen LogP contribution in [0.5, 0.6) is 0 Å². The lowest BCUT2D eigenvalue weighted by molar-refractivity contribution is -0.122. The lowest BCUT2D eigenvalue weighted by Gasteiger charge is -2.54. The first-order valence-electron chi connectivity index (χ1n) is 9.61. The van der Waals surface area contributed by atoms with Crippen molar-refractivity contribution in [2.75, 3.05) is 4.90 Å². The number of carbonyl (C=O) groups is 2. The van der Waals surface area contributed by atoms with Crippen molar-refractivity contribution in [3.8, 4) is 0 Å². The van der Waals surface area contributed by atoms with Crippen LogP contribution in [0.4, 0.5) is 5.69 Å². The van der Waals surface area contributed by atoms with Crippen molar-refractivity contribution < 1.29 is 9.59 Å². The molecule has 2 atom stereocenters. The van der Waals surface area contributed by atoms with E-state index in [4.69, 9.17) is 23.2 Å². The Balaban J connectivity index is 1.66. The fourth-order valence-electron chi connectivity index (χ4n) is 5.51. The molecule has 1 saturated heterocycles. The van der Waals surface area contributed by atoms with Crippen LogP contribution in [-0.2, 0) is 19.3 Å². The van der Waals surface area contributed by atoms with Crippen molar-refractivity contribution in [2.45, 2.75) is 9.75 Å². The maximum atomic E-state index is 13.7. The summed E-state index contributed by atoms with van der Waals surface area (Å²) in [4.78, 5) is 26.4. The highest BCUT2D eigenvalue weighted by Crippen LogP contribution is 2.69. The van der Waals surface area contributed by atoms with E-state index in [1.54, 1.807) is 12.1 Å². The molecular weight excluding hydrogens is 485 g/mol. The highest BCUT2D eigenvalue weighted by atomic mass is 79.9. The van der Waals surface area contributed by atoms with Crippen LogP contribution in [0.15, 0.2) is 77.3 Å². The summed E-state index contributed by atoms with van der Waals surface area (Å²) in [5, 5.41) is 0. The van der Waals surface area contributed by atoms with Crippen LogP contribution in [0.25, 0.3) is 0 Å². The van der Waals surface area contributed by atoms with Crippen molar-refractivity contribution in [3.63, 3.8) is 0 Å². The normalized spacial score (nSPS) is 30.8. The number of rotatable bonds is 1. The van der Waals surface area contributed by atoms with Crippen LogP contribution >= 0.6 is 39.1 Å². The molecule has 2 bridgehead atoms. The third-order valence-electron chi connectivity index (χ3n) is 6.67. The van der Waals surface area contributed by atoms with Gasteiger partial charge in [-0.1, -0.05) is 64.5 Å². The summed E-state index contributed by atoms with van der Waals surface area (Å²) in [6.07, 6.45) is 0. The summed E-state index contributed by atoms with van der Waals surface area (Å²) < 4.78 is 0.866. The third kappa shape index (κ3) is 1.98. The molecule has 148 valence electrons. The number of hydrogen-bond donors (Lipinski definition) is 0. The van der Waals surface area contributed by atoms with E-state index >= 15 is 0 Å². The molecule has 3 aromatic rings. The number of hydrogen-bond acceptors (Lipinski definition) is 2. The number of carbonyl (C=O) groups excluding carboxylic acids is 2. The lowest BCUT2D eigenvalue weighted by atomic mass is 9.54. The van der Waals surface area contributed by atoms with E-state index in [-0.39, 0.29) is 11.8 Å². The molecule has 3 aromatic carbocycles. The topological polar surface area (TPSA) is 37.4 Å². The van der Waals surface area contributed by atoms with E-state index in [1.165, 1.54) is 4.90 Å². The highest BCUT2D eigenvalue weighted by molar-refractivity contribution is 9.10. The summed E-state index contributed by atoms with van der Waals surface area (Å²) >= 11 is 18.2. The number of imide groups is 1. The first-order valence-corrected chi connectivity index (χ1v) is 11.2. The van der Waals surface area contributed by atoms with E-state index in [0.29, 0.717) is 5.69 Å². The first-order chi connectivity index (χ1) is 14.4. The van der Waals surface area contributed by atoms with Crippen LogP contribution < -0.4 is 4.90 Å². The van der Waals surface area contributed by atoms with Gasteiger partial charge in [0.25, 0.3) is 0 Å². The van der Waals surface area contributed by atoms with Crippen LogP contribution in [0.3, 0.4) is 0 Å². The number of nitrogens with zero attached hydrogens (tertiary/aromatic N) is 1. The highest BCUT2D eigenvalue weighted by Gasteiger charge is 2.73. The summed E-state index contributed by atoms with van der Waals surface area (Å²) in [5.74, 6) is -2.18. The van der Waals surface area contributed by atoms with Gasteiger partial charge in [0.05, 0.1) is 17.5 Å². The van der Waals surface area contributed by atoms with Gasteiger partial charge in [-0.3, -0.25) is 9.59 Å². The van der Waals surface area contributed by atoms with Gasteiger partial charge in [-0.25, -0.2) is 4.90 Å². The molecule has 0 saturated carbocycles. The van der Waals surface area contributed by atoms with Gasteiger partial charge in [0.2, 0.25) is 11.8 Å². The van der Waals surface area contributed by atoms with E-state index < -0.39 is 21.6 Å². The number of halogens is 3. The summed E-state index contributed by atoms with van der Waals surface area (Å²) in [7, 11) is 0. The molecule has 3 nitrogen and oxygen atoms in total. The van der Waals surface area contributed by atoms with E-state index in [2.05, 4.69) is 15.9 Å². The zero-order chi connectivity index (χ0) is 20.8. The molecule has 2 amide bonds. The molecule has 4 aliphatic rings. The van der Waals surface area contributed by atoms with Crippen molar-refractivity contribution >= 4 is 56.6 Å². The number of benzene rings is 3. The SMILES string of the molecule is O=C1[C@@H]2[C@H](C(=O)N1c1ccc(Br)cc1)C1(Cl)c3ccccc3C2(Cl)c2ccccc21. The van der Waals surface area contributed by atoms with Crippen molar-refractivity contribution in [1.29, 1.82) is 0 Å². The Bertz CT molecular complexity index is 1130. The maximum Gasteiger partial charge on any atom is 0.240 e. The summed E-state index contributed by atoms with van der Waals surface area (Å²) in [6.45, 7) is 0. The van der Waals surface area contributed by atoms with Crippen molar-refractivity contribution in [1.82, 2.24) is 0 Å². The molecule has 1 aliphatic heterocycles. The van der Waals surface area contributed by atoms with E-state index in [0.717, 1.165) is 26.7 Å². The Labute approximate surface area is 191 Å². The minimum atomic E-state index is -1.15. The molecule has 0 aromatic heterocycles. The molecule has 0 spiro atoms. The molecule has 0 radical (unpaired) electrons. The van der Waals surface area contributed by atoms with Gasteiger partial charge < -0.3 is 0 Å². The summed E-state index contributed by atoms with van der Waals surface area (Å²) in [5.41, 5.74) is 3.75. The average molecular weight is 499 g/mol. The van der Waals surface area contributed by atoms with Gasteiger partial charge >= 0.3 is 0 Å². The Kier molecular flexibility index (Phi) is 3.70.